The maximum absolute atomic E-state index is 12.3. The maximum Gasteiger partial charge on any atom is 0.316 e. The molecule has 0 radical (unpaired) electrons. The Labute approximate surface area is 103 Å². The topological polar surface area (TPSA) is 57.6 Å². The SMILES string of the molecule is CC(C1CC1)N(C)C(=O)C(C(=O)O)C(C)(C)C. The van der Waals surface area contributed by atoms with Crippen LogP contribution in [0.2, 0.25) is 0 Å². The Kier molecular flexibility index (Phi) is 3.84. The van der Waals surface area contributed by atoms with Gasteiger partial charge in [-0.15, -0.1) is 0 Å². The number of hydrogen-bond acceptors (Lipinski definition) is 2. The summed E-state index contributed by atoms with van der Waals surface area (Å²) < 4.78 is 0. The molecule has 2 atom stereocenters. The van der Waals surface area contributed by atoms with Crippen LogP contribution in [0, 0.1) is 17.3 Å². The summed E-state index contributed by atoms with van der Waals surface area (Å²) in [6.07, 6.45) is 2.29. The Morgan fingerprint density at radius 2 is 1.76 bits per heavy atom. The molecule has 98 valence electrons. The van der Waals surface area contributed by atoms with Crippen molar-refractivity contribution in [3.05, 3.63) is 0 Å². The predicted molar refractivity (Wildman–Crippen MR) is 65.5 cm³/mol. The Hall–Kier alpha value is -1.06. The first kappa shape index (κ1) is 14.0. The lowest BCUT2D eigenvalue weighted by Crippen LogP contribution is -2.47. The monoisotopic (exact) mass is 241 g/mol. The average molecular weight is 241 g/mol. The van der Waals surface area contributed by atoms with E-state index in [0.29, 0.717) is 5.92 Å². The highest BCUT2D eigenvalue weighted by molar-refractivity contribution is 5.97. The second-order valence-electron chi connectivity index (χ2n) is 6.16. The molecule has 0 spiro atoms. The minimum atomic E-state index is -1.03. The van der Waals surface area contributed by atoms with Crippen molar-refractivity contribution in [3.63, 3.8) is 0 Å². The lowest BCUT2D eigenvalue weighted by Gasteiger charge is -2.33. The summed E-state index contributed by atoms with van der Waals surface area (Å²) in [6, 6.07) is 0.145. The third-order valence-electron chi connectivity index (χ3n) is 3.62. The maximum atomic E-state index is 12.3. The standard InChI is InChI=1S/C13H23NO3/c1-8(9-6-7-9)14(5)11(15)10(12(16)17)13(2,3)4/h8-10H,6-7H2,1-5H3,(H,16,17). The highest BCUT2D eigenvalue weighted by Gasteiger charge is 2.42. The Balaban J connectivity index is 2.80. The lowest BCUT2D eigenvalue weighted by molar-refractivity contribution is -0.156. The summed E-state index contributed by atoms with van der Waals surface area (Å²) in [5.41, 5.74) is -0.555. The normalized spacial score (nSPS) is 19.6. The lowest BCUT2D eigenvalue weighted by atomic mass is 9.79. The molecule has 1 N–H and O–H groups in total. The number of amides is 1. The number of aliphatic carboxylic acids is 1. The molecule has 0 aromatic heterocycles. The van der Waals surface area contributed by atoms with Gasteiger partial charge >= 0.3 is 5.97 Å². The van der Waals surface area contributed by atoms with Crippen LogP contribution in [0.25, 0.3) is 0 Å². The molecule has 4 heteroatoms. The number of carbonyl (C=O) groups is 2. The zero-order valence-electron chi connectivity index (χ0n) is 11.4. The predicted octanol–water partition coefficient (Wildman–Crippen LogP) is 1.99. The van der Waals surface area contributed by atoms with Crippen molar-refractivity contribution >= 4 is 11.9 Å². The smallest absolute Gasteiger partial charge is 0.316 e. The summed E-state index contributed by atoms with van der Waals surface area (Å²) in [7, 11) is 1.72. The number of carboxylic acids is 1. The van der Waals surface area contributed by atoms with Crippen LogP contribution in [0.4, 0.5) is 0 Å². The molecule has 1 aliphatic carbocycles. The van der Waals surface area contributed by atoms with Crippen molar-refractivity contribution in [3.8, 4) is 0 Å². The van der Waals surface area contributed by atoms with Gasteiger partial charge in [0.2, 0.25) is 5.91 Å². The van der Waals surface area contributed by atoms with E-state index in [0.717, 1.165) is 12.8 Å². The molecule has 0 heterocycles. The van der Waals surface area contributed by atoms with E-state index in [2.05, 4.69) is 0 Å². The zero-order chi connectivity index (χ0) is 13.4. The zero-order valence-corrected chi connectivity index (χ0v) is 11.4. The Bertz CT molecular complexity index is 315. The van der Waals surface area contributed by atoms with Crippen molar-refractivity contribution in [2.24, 2.45) is 17.3 Å². The van der Waals surface area contributed by atoms with Crippen molar-refractivity contribution in [1.82, 2.24) is 4.90 Å². The fraction of sp³-hybridized carbons (Fsp3) is 0.846. The summed E-state index contributed by atoms with van der Waals surface area (Å²) in [4.78, 5) is 25.1. The van der Waals surface area contributed by atoms with Gasteiger partial charge in [-0.2, -0.15) is 0 Å². The van der Waals surface area contributed by atoms with Crippen LogP contribution in [0.5, 0.6) is 0 Å². The molecule has 0 aromatic carbocycles. The first-order valence-corrected chi connectivity index (χ1v) is 6.15. The van der Waals surface area contributed by atoms with Crippen molar-refractivity contribution in [2.75, 3.05) is 7.05 Å². The minimum Gasteiger partial charge on any atom is -0.481 e. The van der Waals surface area contributed by atoms with E-state index in [1.165, 1.54) is 0 Å². The van der Waals surface area contributed by atoms with Gasteiger partial charge in [-0.3, -0.25) is 9.59 Å². The summed E-state index contributed by atoms with van der Waals surface area (Å²) in [6.45, 7) is 7.37. The third-order valence-corrected chi connectivity index (χ3v) is 3.62. The van der Waals surface area contributed by atoms with Crippen LogP contribution in [0.1, 0.15) is 40.5 Å². The average Bonchev–Trinajstić information content (AvgIpc) is 2.95. The number of carbonyl (C=O) groups excluding carboxylic acids is 1. The molecule has 17 heavy (non-hydrogen) atoms. The minimum absolute atomic E-state index is 0.145. The molecule has 1 aliphatic rings. The fourth-order valence-electron chi connectivity index (χ4n) is 2.15. The highest BCUT2D eigenvalue weighted by Crippen LogP contribution is 2.36. The van der Waals surface area contributed by atoms with Gasteiger partial charge in [0.15, 0.2) is 0 Å². The largest absolute Gasteiger partial charge is 0.481 e. The van der Waals surface area contributed by atoms with Crippen molar-refractivity contribution in [1.29, 1.82) is 0 Å². The molecule has 0 aliphatic heterocycles. The molecular formula is C13H23NO3. The highest BCUT2D eigenvalue weighted by atomic mass is 16.4. The van der Waals surface area contributed by atoms with Gasteiger partial charge < -0.3 is 10.0 Å². The van der Waals surface area contributed by atoms with Crippen LogP contribution in [0.3, 0.4) is 0 Å². The number of rotatable bonds is 4. The molecule has 1 amide bonds. The van der Waals surface area contributed by atoms with E-state index in [-0.39, 0.29) is 11.9 Å². The summed E-state index contributed by atoms with van der Waals surface area (Å²) in [5, 5.41) is 9.22. The van der Waals surface area contributed by atoms with Crippen LogP contribution in [-0.2, 0) is 9.59 Å². The summed E-state index contributed by atoms with van der Waals surface area (Å²) >= 11 is 0. The van der Waals surface area contributed by atoms with E-state index >= 15 is 0 Å². The van der Waals surface area contributed by atoms with Crippen LogP contribution >= 0.6 is 0 Å². The van der Waals surface area contributed by atoms with Crippen LogP contribution in [-0.4, -0.2) is 35.0 Å². The van der Waals surface area contributed by atoms with Gasteiger partial charge in [0.25, 0.3) is 0 Å². The first-order chi connectivity index (χ1) is 7.66. The van der Waals surface area contributed by atoms with Crippen LogP contribution in [0.15, 0.2) is 0 Å². The van der Waals surface area contributed by atoms with E-state index in [9.17, 15) is 14.7 Å². The van der Waals surface area contributed by atoms with Gasteiger partial charge in [-0.1, -0.05) is 20.8 Å². The number of nitrogens with zero attached hydrogens (tertiary/aromatic N) is 1. The number of carboxylic acid groups (broad SMARTS) is 1. The molecule has 1 saturated carbocycles. The van der Waals surface area contributed by atoms with Gasteiger partial charge in [-0.05, 0) is 31.1 Å². The van der Waals surface area contributed by atoms with E-state index < -0.39 is 17.3 Å². The second kappa shape index (κ2) is 4.67. The van der Waals surface area contributed by atoms with Gasteiger partial charge in [0.1, 0.15) is 5.92 Å². The Morgan fingerprint density at radius 1 is 1.29 bits per heavy atom. The van der Waals surface area contributed by atoms with Crippen molar-refractivity contribution in [2.45, 2.75) is 46.6 Å². The van der Waals surface area contributed by atoms with E-state index in [4.69, 9.17) is 0 Å². The van der Waals surface area contributed by atoms with Gasteiger partial charge in [0, 0.05) is 13.1 Å². The Morgan fingerprint density at radius 3 is 2.06 bits per heavy atom. The van der Waals surface area contributed by atoms with E-state index in [1.807, 2.05) is 6.92 Å². The van der Waals surface area contributed by atoms with Crippen molar-refractivity contribution < 1.29 is 14.7 Å². The third kappa shape index (κ3) is 3.20. The van der Waals surface area contributed by atoms with E-state index in [1.54, 1.807) is 32.7 Å². The molecule has 2 unspecified atom stereocenters. The number of hydrogen-bond donors (Lipinski definition) is 1. The van der Waals surface area contributed by atoms with Gasteiger partial charge in [0.05, 0.1) is 0 Å². The molecule has 0 saturated heterocycles. The second-order valence-corrected chi connectivity index (χ2v) is 6.16. The molecule has 0 bridgehead atoms. The molecule has 1 rings (SSSR count). The van der Waals surface area contributed by atoms with Gasteiger partial charge in [-0.25, -0.2) is 0 Å². The quantitative estimate of drug-likeness (QED) is 0.766. The molecule has 1 fully saturated rings. The molecular weight excluding hydrogens is 218 g/mol. The first-order valence-electron chi connectivity index (χ1n) is 6.15. The summed E-state index contributed by atoms with van der Waals surface area (Å²) in [5.74, 6) is -1.71. The molecule has 0 aromatic rings. The molecule has 4 nitrogen and oxygen atoms in total. The fourth-order valence-corrected chi connectivity index (χ4v) is 2.15. The van der Waals surface area contributed by atoms with Crippen LogP contribution < -0.4 is 0 Å².